The highest BCUT2D eigenvalue weighted by Gasteiger charge is 2.20. The van der Waals surface area contributed by atoms with Crippen LogP contribution < -0.4 is 10.5 Å². The second kappa shape index (κ2) is 6.44. The lowest BCUT2D eigenvalue weighted by molar-refractivity contribution is -0.128. The maximum atomic E-state index is 12.2. The summed E-state index contributed by atoms with van der Waals surface area (Å²) in [6.07, 6.45) is 3.79. The van der Waals surface area contributed by atoms with Crippen LogP contribution in [0.15, 0.2) is 41.6 Å². The highest BCUT2D eigenvalue weighted by atomic mass is 32.2. The number of carbonyl (C=O) groups is 1. The Hall–Kier alpha value is -2.68. The molecule has 9 heteroatoms. The normalized spacial score (nSPS) is 14.8. The van der Waals surface area contributed by atoms with Crippen molar-refractivity contribution in [1.29, 1.82) is 0 Å². The Morgan fingerprint density at radius 3 is 2.42 bits per heavy atom. The minimum absolute atomic E-state index is 0.00904. The fraction of sp³-hybridized carbons (Fsp3) is 0.267. The van der Waals surface area contributed by atoms with Gasteiger partial charge in [-0.1, -0.05) is 12.1 Å². The summed E-state index contributed by atoms with van der Waals surface area (Å²) in [5, 5.41) is 0. The van der Waals surface area contributed by atoms with E-state index in [1.165, 1.54) is 0 Å². The first-order valence-electron chi connectivity index (χ1n) is 7.41. The zero-order valence-corrected chi connectivity index (χ0v) is 13.7. The van der Waals surface area contributed by atoms with Crippen LogP contribution in [0.2, 0.25) is 0 Å². The van der Waals surface area contributed by atoms with Crippen molar-refractivity contribution in [2.75, 3.05) is 17.0 Å². The zero-order chi connectivity index (χ0) is 17.2. The number of carbonyl (C=O) groups excluding carboxylic acids is 1. The van der Waals surface area contributed by atoms with Crippen LogP contribution in [0.25, 0.3) is 0 Å². The number of hydrogen-bond acceptors (Lipinski definition) is 6. The maximum absolute atomic E-state index is 12.2. The van der Waals surface area contributed by atoms with Crippen molar-refractivity contribution in [3.8, 4) is 0 Å². The molecule has 0 atom stereocenters. The van der Waals surface area contributed by atoms with Crippen molar-refractivity contribution in [2.24, 2.45) is 0 Å². The number of hydrogen-bond donors (Lipinski definition) is 2. The van der Waals surface area contributed by atoms with Crippen LogP contribution in [0.1, 0.15) is 18.4 Å². The first kappa shape index (κ1) is 16.2. The van der Waals surface area contributed by atoms with Gasteiger partial charge in [0.1, 0.15) is 4.90 Å². The van der Waals surface area contributed by atoms with E-state index < -0.39 is 10.0 Å². The molecule has 0 unspecified atom stereocenters. The van der Waals surface area contributed by atoms with E-state index in [0.29, 0.717) is 18.7 Å². The van der Waals surface area contributed by atoms with E-state index in [2.05, 4.69) is 14.7 Å². The van der Waals surface area contributed by atoms with Gasteiger partial charge in [0.2, 0.25) is 11.9 Å². The topological polar surface area (TPSA) is 118 Å². The summed E-state index contributed by atoms with van der Waals surface area (Å²) in [4.78, 5) is 20.7. The van der Waals surface area contributed by atoms with Crippen LogP contribution in [0.5, 0.6) is 0 Å². The average Bonchev–Trinajstić information content (AvgIpc) is 2.94. The molecule has 24 heavy (non-hydrogen) atoms. The van der Waals surface area contributed by atoms with E-state index >= 15 is 0 Å². The minimum Gasteiger partial charge on any atom is -0.368 e. The molecule has 0 saturated carbocycles. The Morgan fingerprint density at radius 1 is 1.17 bits per heavy atom. The lowest BCUT2D eigenvalue weighted by Gasteiger charge is -2.15. The molecule has 126 valence electrons. The molecule has 1 fully saturated rings. The summed E-state index contributed by atoms with van der Waals surface area (Å²) >= 11 is 0. The number of nitrogens with zero attached hydrogens (tertiary/aromatic N) is 3. The van der Waals surface area contributed by atoms with E-state index in [9.17, 15) is 13.2 Å². The molecule has 8 nitrogen and oxygen atoms in total. The molecule has 0 bridgehead atoms. The predicted molar refractivity (Wildman–Crippen MR) is 88.3 cm³/mol. The Bertz CT molecular complexity index is 834. The van der Waals surface area contributed by atoms with Crippen molar-refractivity contribution < 1.29 is 13.2 Å². The molecule has 1 aromatic carbocycles. The minimum atomic E-state index is -3.77. The number of aromatic nitrogens is 2. The molecule has 3 rings (SSSR count). The van der Waals surface area contributed by atoms with E-state index in [-0.39, 0.29) is 16.8 Å². The fourth-order valence-corrected chi connectivity index (χ4v) is 3.40. The third-order valence-electron chi connectivity index (χ3n) is 3.71. The van der Waals surface area contributed by atoms with Gasteiger partial charge in [0.25, 0.3) is 10.0 Å². The van der Waals surface area contributed by atoms with Crippen LogP contribution in [-0.4, -0.2) is 35.7 Å². The molecule has 0 spiro atoms. The summed E-state index contributed by atoms with van der Waals surface area (Å²) in [6, 6.07) is 6.91. The third-order valence-corrected chi connectivity index (χ3v) is 5.05. The average molecular weight is 347 g/mol. The number of likely N-dealkylation sites (tertiary alicyclic amines) is 1. The number of nitrogens with two attached hydrogens (primary N) is 1. The Kier molecular flexibility index (Phi) is 4.34. The number of sulfonamides is 1. The highest BCUT2D eigenvalue weighted by Crippen LogP contribution is 2.18. The van der Waals surface area contributed by atoms with Gasteiger partial charge in [-0.2, -0.15) is 0 Å². The van der Waals surface area contributed by atoms with Crippen molar-refractivity contribution in [3.05, 3.63) is 42.2 Å². The number of nitrogens with one attached hydrogen (secondary N) is 1. The van der Waals surface area contributed by atoms with Gasteiger partial charge in [-0.3, -0.25) is 9.52 Å². The fourth-order valence-electron chi connectivity index (χ4n) is 2.45. The number of rotatable bonds is 5. The molecule has 2 aromatic rings. The molecule has 0 aliphatic carbocycles. The SMILES string of the molecule is Nc1ncc(S(=O)(=O)Nc2ccc(CN3CCCC3=O)cc2)cn1. The van der Waals surface area contributed by atoms with Gasteiger partial charge in [0, 0.05) is 25.2 Å². The van der Waals surface area contributed by atoms with Gasteiger partial charge in [0.05, 0.1) is 12.4 Å². The molecule has 1 aliphatic heterocycles. The Labute approximate surface area is 139 Å². The van der Waals surface area contributed by atoms with Crippen molar-refractivity contribution >= 4 is 27.6 Å². The standard InChI is InChI=1S/C15H17N5O3S/c16-15-17-8-13(9-18-15)24(22,23)19-12-5-3-11(4-6-12)10-20-7-1-2-14(20)21/h3-6,8-9,19H,1-2,7,10H2,(H2,16,17,18). The highest BCUT2D eigenvalue weighted by molar-refractivity contribution is 7.92. The molecule has 1 aromatic heterocycles. The zero-order valence-electron chi connectivity index (χ0n) is 12.8. The molecular weight excluding hydrogens is 330 g/mol. The summed E-state index contributed by atoms with van der Waals surface area (Å²) in [7, 11) is -3.77. The van der Waals surface area contributed by atoms with Crippen LogP contribution in [-0.2, 0) is 21.4 Å². The number of anilines is 2. The number of amides is 1. The monoisotopic (exact) mass is 347 g/mol. The van der Waals surface area contributed by atoms with Gasteiger partial charge in [0.15, 0.2) is 0 Å². The predicted octanol–water partition coefficient (Wildman–Crippen LogP) is 0.982. The molecule has 0 radical (unpaired) electrons. The second-order valence-electron chi connectivity index (χ2n) is 5.50. The Morgan fingerprint density at radius 2 is 1.83 bits per heavy atom. The summed E-state index contributed by atoms with van der Waals surface area (Å²) in [5.74, 6) is 0.165. The lowest BCUT2D eigenvalue weighted by atomic mass is 10.2. The number of benzene rings is 1. The molecule has 3 N–H and O–H groups in total. The van der Waals surface area contributed by atoms with Gasteiger partial charge in [-0.05, 0) is 24.1 Å². The number of nitrogen functional groups attached to an aromatic ring is 1. The van der Waals surface area contributed by atoms with Crippen LogP contribution in [0.4, 0.5) is 11.6 Å². The second-order valence-corrected chi connectivity index (χ2v) is 7.18. The summed E-state index contributed by atoms with van der Waals surface area (Å²) < 4.78 is 26.9. The smallest absolute Gasteiger partial charge is 0.264 e. The van der Waals surface area contributed by atoms with Crippen LogP contribution in [0.3, 0.4) is 0 Å². The van der Waals surface area contributed by atoms with E-state index in [1.54, 1.807) is 29.2 Å². The molecule has 2 heterocycles. The first-order valence-corrected chi connectivity index (χ1v) is 8.89. The van der Waals surface area contributed by atoms with E-state index in [0.717, 1.165) is 30.9 Å². The summed E-state index contributed by atoms with van der Waals surface area (Å²) in [5.41, 5.74) is 6.72. The molecule has 1 amide bonds. The quantitative estimate of drug-likeness (QED) is 0.832. The lowest BCUT2D eigenvalue weighted by Crippen LogP contribution is -2.23. The van der Waals surface area contributed by atoms with Gasteiger partial charge >= 0.3 is 0 Å². The summed E-state index contributed by atoms with van der Waals surface area (Å²) in [6.45, 7) is 1.31. The largest absolute Gasteiger partial charge is 0.368 e. The Balaban J connectivity index is 1.69. The van der Waals surface area contributed by atoms with E-state index in [4.69, 9.17) is 5.73 Å². The maximum Gasteiger partial charge on any atom is 0.264 e. The van der Waals surface area contributed by atoms with Crippen molar-refractivity contribution in [1.82, 2.24) is 14.9 Å². The third kappa shape index (κ3) is 3.62. The van der Waals surface area contributed by atoms with Gasteiger partial charge < -0.3 is 10.6 Å². The van der Waals surface area contributed by atoms with Crippen LogP contribution >= 0.6 is 0 Å². The van der Waals surface area contributed by atoms with Crippen molar-refractivity contribution in [2.45, 2.75) is 24.3 Å². The molecular formula is C15H17N5O3S. The van der Waals surface area contributed by atoms with Gasteiger partial charge in [-0.25, -0.2) is 18.4 Å². The van der Waals surface area contributed by atoms with Crippen molar-refractivity contribution in [3.63, 3.8) is 0 Å². The van der Waals surface area contributed by atoms with Crippen LogP contribution in [0, 0.1) is 0 Å². The molecule has 1 aliphatic rings. The molecule has 1 saturated heterocycles. The van der Waals surface area contributed by atoms with Gasteiger partial charge in [-0.15, -0.1) is 0 Å². The first-order chi connectivity index (χ1) is 11.4. The van der Waals surface area contributed by atoms with E-state index in [1.807, 2.05) is 0 Å².